The summed E-state index contributed by atoms with van der Waals surface area (Å²) in [6.07, 6.45) is 0. The first kappa shape index (κ1) is 15.9. The maximum absolute atomic E-state index is 6.31. The van der Waals surface area contributed by atoms with E-state index in [0.717, 1.165) is 27.1 Å². The molecule has 20 heavy (non-hydrogen) atoms. The van der Waals surface area contributed by atoms with E-state index in [9.17, 15) is 0 Å². The minimum absolute atomic E-state index is 0.198. The summed E-state index contributed by atoms with van der Waals surface area (Å²) in [5.74, 6) is 1.64. The molecular weight excluding hydrogens is 336 g/mol. The normalized spacial score (nSPS) is 14.8. The Labute approximate surface area is 130 Å². The molecule has 1 aliphatic heterocycles. The summed E-state index contributed by atoms with van der Waals surface area (Å²) in [5, 5.41) is 0.198. The Kier molecular flexibility index (Phi) is 4.24. The van der Waals surface area contributed by atoms with Crippen LogP contribution in [-0.2, 0) is 11.0 Å². The summed E-state index contributed by atoms with van der Waals surface area (Å²) in [6.45, 7) is 14.2. The largest absolute Gasteiger partial charge is 0.454 e. The van der Waals surface area contributed by atoms with E-state index in [0.29, 0.717) is 6.61 Å². The molecule has 1 aromatic carbocycles. The number of hydrogen-bond acceptors (Lipinski definition) is 3. The van der Waals surface area contributed by atoms with Crippen LogP contribution in [0.2, 0.25) is 18.1 Å². The van der Waals surface area contributed by atoms with Gasteiger partial charge in [-0.3, -0.25) is 0 Å². The van der Waals surface area contributed by atoms with Crippen LogP contribution in [-0.4, -0.2) is 15.1 Å². The molecule has 3 nitrogen and oxygen atoms in total. The smallest absolute Gasteiger partial charge is 0.231 e. The van der Waals surface area contributed by atoms with Crippen molar-refractivity contribution in [3.63, 3.8) is 0 Å². The fourth-order valence-corrected chi connectivity index (χ4v) is 3.17. The lowest BCUT2D eigenvalue weighted by atomic mass is 10.1. The molecule has 0 saturated heterocycles. The average Bonchev–Trinajstić information content (AvgIpc) is 2.75. The van der Waals surface area contributed by atoms with Crippen molar-refractivity contribution in [1.29, 1.82) is 0 Å². The number of halogens is 1. The number of rotatable bonds is 3. The van der Waals surface area contributed by atoms with E-state index in [-0.39, 0.29) is 11.8 Å². The molecular formula is C15H23BrO3Si. The fourth-order valence-electron chi connectivity index (χ4n) is 1.83. The van der Waals surface area contributed by atoms with Crippen LogP contribution in [0, 0.1) is 6.92 Å². The van der Waals surface area contributed by atoms with Gasteiger partial charge < -0.3 is 13.9 Å². The lowest BCUT2D eigenvalue weighted by Crippen LogP contribution is -2.40. The summed E-state index contributed by atoms with van der Waals surface area (Å²) in [5.41, 5.74) is 2.20. The zero-order valence-corrected chi connectivity index (χ0v) is 15.7. The Morgan fingerprint density at radius 1 is 1.30 bits per heavy atom. The molecule has 2 rings (SSSR count). The quantitative estimate of drug-likeness (QED) is 0.710. The summed E-state index contributed by atoms with van der Waals surface area (Å²) < 4.78 is 18.5. The molecule has 0 spiro atoms. The van der Waals surface area contributed by atoms with Gasteiger partial charge in [0, 0.05) is 10.0 Å². The number of ether oxygens (including phenoxy) is 2. The highest BCUT2D eigenvalue weighted by Gasteiger charge is 2.37. The van der Waals surface area contributed by atoms with Crippen molar-refractivity contribution < 1.29 is 13.9 Å². The standard InChI is InChI=1S/C15H23BrO3Si/c1-10-7-12-14(18-9-17-12)11(13(10)16)8-19-20(5,6)15(2,3)4/h7H,8-9H2,1-6H3. The van der Waals surface area contributed by atoms with Crippen molar-refractivity contribution in [3.8, 4) is 11.5 Å². The van der Waals surface area contributed by atoms with Crippen molar-refractivity contribution in [2.75, 3.05) is 6.79 Å². The van der Waals surface area contributed by atoms with Crippen molar-refractivity contribution in [2.45, 2.75) is 52.4 Å². The Bertz CT molecular complexity index is 521. The third-order valence-corrected chi connectivity index (χ3v) is 9.84. The highest BCUT2D eigenvalue weighted by molar-refractivity contribution is 9.10. The second-order valence-electron chi connectivity index (χ2n) is 6.77. The molecule has 0 aliphatic carbocycles. The molecule has 0 N–H and O–H groups in total. The lowest BCUT2D eigenvalue weighted by molar-refractivity contribution is 0.171. The van der Waals surface area contributed by atoms with Crippen molar-refractivity contribution >= 4 is 24.2 Å². The Hall–Kier alpha value is -0.523. The van der Waals surface area contributed by atoms with E-state index in [4.69, 9.17) is 13.9 Å². The monoisotopic (exact) mass is 358 g/mol. The van der Waals surface area contributed by atoms with Gasteiger partial charge in [-0.15, -0.1) is 0 Å². The molecule has 0 aromatic heterocycles. The summed E-state index contributed by atoms with van der Waals surface area (Å²) in [4.78, 5) is 0. The van der Waals surface area contributed by atoms with Gasteiger partial charge in [-0.05, 0) is 36.7 Å². The van der Waals surface area contributed by atoms with E-state index < -0.39 is 8.32 Å². The maximum atomic E-state index is 6.31. The van der Waals surface area contributed by atoms with Crippen LogP contribution in [0.1, 0.15) is 31.9 Å². The number of hydrogen-bond donors (Lipinski definition) is 0. The number of benzene rings is 1. The zero-order chi connectivity index (χ0) is 15.1. The van der Waals surface area contributed by atoms with Crippen LogP contribution in [0.25, 0.3) is 0 Å². The molecule has 112 valence electrons. The molecule has 0 saturated carbocycles. The van der Waals surface area contributed by atoms with Crippen molar-refractivity contribution in [1.82, 2.24) is 0 Å². The van der Waals surface area contributed by atoms with Crippen molar-refractivity contribution in [2.24, 2.45) is 0 Å². The molecule has 1 heterocycles. The van der Waals surface area contributed by atoms with Gasteiger partial charge in [0.05, 0.1) is 6.61 Å². The van der Waals surface area contributed by atoms with E-state index in [1.807, 2.05) is 6.07 Å². The fraction of sp³-hybridized carbons (Fsp3) is 0.600. The highest BCUT2D eigenvalue weighted by atomic mass is 79.9. The van der Waals surface area contributed by atoms with Gasteiger partial charge in [0.15, 0.2) is 19.8 Å². The minimum Gasteiger partial charge on any atom is -0.454 e. The summed E-state index contributed by atoms with van der Waals surface area (Å²) >= 11 is 3.65. The molecule has 1 aliphatic rings. The van der Waals surface area contributed by atoms with Gasteiger partial charge >= 0.3 is 0 Å². The van der Waals surface area contributed by atoms with Gasteiger partial charge in [0.2, 0.25) is 6.79 Å². The zero-order valence-electron chi connectivity index (χ0n) is 13.1. The molecule has 0 radical (unpaired) electrons. The van der Waals surface area contributed by atoms with E-state index in [1.165, 1.54) is 0 Å². The van der Waals surface area contributed by atoms with Gasteiger partial charge in [0.1, 0.15) is 0 Å². The molecule has 0 bridgehead atoms. The Morgan fingerprint density at radius 3 is 2.55 bits per heavy atom. The minimum atomic E-state index is -1.78. The summed E-state index contributed by atoms with van der Waals surface area (Å²) in [7, 11) is -1.78. The van der Waals surface area contributed by atoms with E-state index >= 15 is 0 Å². The maximum Gasteiger partial charge on any atom is 0.231 e. The molecule has 0 amide bonds. The first-order chi connectivity index (χ1) is 9.13. The summed E-state index contributed by atoms with van der Waals surface area (Å²) in [6, 6.07) is 2.00. The van der Waals surface area contributed by atoms with Crippen molar-refractivity contribution in [3.05, 3.63) is 21.7 Å². The van der Waals surface area contributed by atoms with Gasteiger partial charge in [-0.2, -0.15) is 0 Å². The molecule has 0 fully saturated rings. The van der Waals surface area contributed by atoms with Crippen LogP contribution in [0.3, 0.4) is 0 Å². The van der Waals surface area contributed by atoms with E-state index in [1.54, 1.807) is 0 Å². The van der Waals surface area contributed by atoms with Crippen LogP contribution in [0.5, 0.6) is 11.5 Å². The predicted molar refractivity (Wildman–Crippen MR) is 87.0 cm³/mol. The average molecular weight is 359 g/mol. The molecule has 1 aromatic rings. The van der Waals surface area contributed by atoms with Gasteiger partial charge in [-0.1, -0.05) is 36.7 Å². The second-order valence-corrected chi connectivity index (χ2v) is 12.4. The highest BCUT2D eigenvalue weighted by Crippen LogP contribution is 2.43. The second kappa shape index (κ2) is 5.35. The molecule has 5 heteroatoms. The SMILES string of the molecule is Cc1cc2c(c(CO[Si](C)(C)C(C)(C)C)c1Br)OCO2. The first-order valence-corrected chi connectivity index (χ1v) is 10.5. The van der Waals surface area contributed by atoms with Crippen LogP contribution in [0.15, 0.2) is 10.5 Å². The van der Waals surface area contributed by atoms with Crippen LogP contribution in [0.4, 0.5) is 0 Å². The van der Waals surface area contributed by atoms with Crippen LogP contribution >= 0.6 is 15.9 Å². The van der Waals surface area contributed by atoms with Crippen LogP contribution < -0.4 is 9.47 Å². The van der Waals surface area contributed by atoms with E-state index in [2.05, 4.69) is 56.7 Å². The predicted octanol–water partition coefficient (Wildman–Crippen LogP) is 5.01. The van der Waals surface area contributed by atoms with Gasteiger partial charge in [-0.25, -0.2) is 0 Å². The Morgan fingerprint density at radius 2 is 1.95 bits per heavy atom. The number of fused-ring (bicyclic) bond motifs is 1. The third-order valence-electron chi connectivity index (χ3n) is 4.26. The topological polar surface area (TPSA) is 27.7 Å². The third kappa shape index (κ3) is 2.90. The lowest BCUT2D eigenvalue weighted by Gasteiger charge is -2.36. The van der Waals surface area contributed by atoms with Gasteiger partial charge in [0.25, 0.3) is 0 Å². The molecule has 0 unspecified atom stereocenters. The Balaban J connectivity index is 2.27. The number of aryl methyl sites for hydroxylation is 1. The first-order valence-electron chi connectivity index (χ1n) is 6.85. The molecule has 0 atom stereocenters.